The first-order valence-electron chi connectivity index (χ1n) is 15.5. The summed E-state index contributed by atoms with van der Waals surface area (Å²) in [7, 11) is 0. The molecule has 0 aliphatic heterocycles. The molecule has 0 amide bonds. The van der Waals surface area contributed by atoms with Gasteiger partial charge in [0.2, 0.25) is 0 Å². The SMILES string of the molecule is CC1C=CC(N(c2ccc(-c3ccc4sc5ccccc5c4c3)cc2)c2ccc3c(c2)C(C)(C)[C@]2(C)C=CC=CC32)=CC1. The molecule has 212 valence electrons. The lowest BCUT2D eigenvalue weighted by atomic mass is 9.62. The van der Waals surface area contributed by atoms with Gasteiger partial charge in [-0.2, -0.15) is 0 Å². The zero-order valence-electron chi connectivity index (χ0n) is 25.3. The Morgan fingerprint density at radius 2 is 1.51 bits per heavy atom. The summed E-state index contributed by atoms with van der Waals surface area (Å²) in [6.45, 7) is 9.57. The van der Waals surface area contributed by atoms with Crippen molar-refractivity contribution in [3.8, 4) is 11.1 Å². The lowest BCUT2D eigenvalue weighted by molar-refractivity contribution is 0.245. The Morgan fingerprint density at radius 1 is 0.744 bits per heavy atom. The molecule has 0 N–H and O–H groups in total. The summed E-state index contributed by atoms with van der Waals surface area (Å²) in [5, 5.41) is 2.69. The summed E-state index contributed by atoms with van der Waals surface area (Å²) in [5.41, 5.74) is 9.19. The van der Waals surface area contributed by atoms with Crippen LogP contribution in [0.4, 0.5) is 11.4 Å². The predicted octanol–water partition coefficient (Wildman–Crippen LogP) is 11.8. The van der Waals surface area contributed by atoms with Crippen molar-refractivity contribution in [1.82, 2.24) is 0 Å². The Morgan fingerprint density at radius 3 is 2.33 bits per heavy atom. The summed E-state index contributed by atoms with van der Waals surface area (Å²) >= 11 is 1.87. The normalized spacial score (nSPS) is 23.4. The molecule has 3 aliphatic carbocycles. The van der Waals surface area contributed by atoms with Gasteiger partial charge in [0, 0.05) is 48.6 Å². The van der Waals surface area contributed by atoms with E-state index in [2.05, 4.69) is 160 Å². The van der Waals surface area contributed by atoms with E-state index >= 15 is 0 Å². The Kier molecular flexibility index (Phi) is 5.97. The Labute approximate surface area is 259 Å². The number of nitrogens with zero attached hydrogens (tertiary/aromatic N) is 1. The van der Waals surface area contributed by atoms with Gasteiger partial charge in [0.25, 0.3) is 0 Å². The van der Waals surface area contributed by atoms with Gasteiger partial charge in [-0.25, -0.2) is 0 Å². The van der Waals surface area contributed by atoms with Gasteiger partial charge in [0.15, 0.2) is 0 Å². The number of benzene rings is 4. The topological polar surface area (TPSA) is 3.24 Å². The third-order valence-corrected chi connectivity index (χ3v) is 11.7. The molecule has 0 saturated heterocycles. The molecule has 3 atom stereocenters. The fourth-order valence-electron chi connectivity index (χ4n) is 7.58. The summed E-state index contributed by atoms with van der Waals surface area (Å²) in [5.74, 6) is 0.980. The van der Waals surface area contributed by atoms with E-state index in [1.807, 2.05) is 11.3 Å². The van der Waals surface area contributed by atoms with Crippen LogP contribution in [0.1, 0.15) is 51.2 Å². The Balaban J connectivity index is 1.21. The summed E-state index contributed by atoms with van der Waals surface area (Å²) in [6.07, 6.45) is 17.4. The molecule has 3 aliphatic rings. The molecule has 0 bridgehead atoms. The summed E-state index contributed by atoms with van der Waals surface area (Å²) < 4.78 is 2.69. The van der Waals surface area contributed by atoms with Crippen LogP contribution in [-0.2, 0) is 5.41 Å². The van der Waals surface area contributed by atoms with E-state index in [1.165, 1.54) is 59.5 Å². The van der Waals surface area contributed by atoms with Crippen molar-refractivity contribution in [3.63, 3.8) is 0 Å². The van der Waals surface area contributed by atoms with E-state index in [-0.39, 0.29) is 10.8 Å². The highest BCUT2D eigenvalue weighted by molar-refractivity contribution is 7.25. The maximum atomic E-state index is 2.47. The number of anilines is 2. The highest BCUT2D eigenvalue weighted by Crippen LogP contribution is 2.61. The highest BCUT2D eigenvalue weighted by atomic mass is 32.1. The fraction of sp³-hybridized carbons (Fsp3) is 0.220. The molecule has 1 nitrogen and oxygen atoms in total. The van der Waals surface area contributed by atoms with Crippen LogP contribution in [-0.4, -0.2) is 0 Å². The number of fused-ring (bicyclic) bond motifs is 6. The van der Waals surface area contributed by atoms with E-state index in [0.717, 1.165) is 6.42 Å². The zero-order chi connectivity index (χ0) is 29.3. The van der Waals surface area contributed by atoms with Crippen LogP contribution in [0.25, 0.3) is 31.3 Å². The third-order valence-electron chi connectivity index (χ3n) is 10.5. The quantitative estimate of drug-likeness (QED) is 0.206. The van der Waals surface area contributed by atoms with Crippen molar-refractivity contribution in [2.24, 2.45) is 11.3 Å². The van der Waals surface area contributed by atoms with Crippen LogP contribution in [0.5, 0.6) is 0 Å². The molecular formula is C41H37NS. The first-order valence-corrected chi connectivity index (χ1v) is 16.4. The van der Waals surface area contributed by atoms with Crippen molar-refractivity contribution in [3.05, 3.63) is 144 Å². The molecule has 0 saturated carbocycles. The smallest absolute Gasteiger partial charge is 0.0464 e. The van der Waals surface area contributed by atoms with Gasteiger partial charge in [0.1, 0.15) is 0 Å². The van der Waals surface area contributed by atoms with Crippen molar-refractivity contribution >= 4 is 42.9 Å². The molecule has 1 heterocycles. The number of thiophene rings is 1. The van der Waals surface area contributed by atoms with Crippen molar-refractivity contribution in [2.75, 3.05) is 4.90 Å². The summed E-state index contributed by atoms with van der Waals surface area (Å²) in [4.78, 5) is 2.45. The minimum Gasteiger partial charge on any atom is -0.311 e. The van der Waals surface area contributed by atoms with Crippen molar-refractivity contribution in [2.45, 2.75) is 45.4 Å². The largest absolute Gasteiger partial charge is 0.311 e. The predicted molar refractivity (Wildman–Crippen MR) is 187 cm³/mol. The van der Waals surface area contributed by atoms with E-state index in [1.54, 1.807) is 0 Å². The molecule has 5 aromatic rings. The van der Waals surface area contributed by atoms with Crippen LogP contribution in [0.2, 0.25) is 0 Å². The van der Waals surface area contributed by atoms with Gasteiger partial charge in [0.05, 0.1) is 0 Å². The molecule has 0 radical (unpaired) electrons. The standard InChI is InChI=1S/C41H37NS/c1-27-12-17-30(18-13-27)42(32-21-22-34-36-10-7-8-24-41(36,4)40(2,3)37(34)26-32)31-19-14-28(15-20-31)29-16-23-39-35(25-29)33-9-5-6-11-38(33)43-39/h5-12,14-27,36H,13H2,1-4H3/t27?,36?,41-/m1/s1. The van der Waals surface area contributed by atoms with Crippen LogP contribution >= 0.6 is 11.3 Å². The van der Waals surface area contributed by atoms with E-state index in [9.17, 15) is 0 Å². The van der Waals surface area contributed by atoms with Gasteiger partial charge in [-0.05, 0) is 88.5 Å². The van der Waals surface area contributed by atoms with E-state index < -0.39 is 0 Å². The zero-order valence-corrected chi connectivity index (χ0v) is 26.2. The molecule has 4 aromatic carbocycles. The average Bonchev–Trinajstić information content (AvgIpc) is 3.48. The van der Waals surface area contributed by atoms with Gasteiger partial charge in [-0.1, -0.05) is 107 Å². The van der Waals surface area contributed by atoms with Crippen LogP contribution in [0.3, 0.4) is 0 Å². The first-order chi connectivity index (χ1) is 20.8. The summed E-state index contributed by atoms with van der Waals surface area (Å²) in [6, 6.07) is 32.0. The fourth-order valence-corrected chi connectivity index (χ4v) is 8.67. The third kappa shape index (κ3) is 4.03. The second-order valence-corrected chi connectivity index (χ2v) is 14.4. The number of rotatable bonds is 4. The van der Waals surface area contributed by atoms with E-state index in [4.69, 9.17) is 0 Å². The number of hydrogen-bond donors (Lipinski definition) is 0. The lowest BCUT2D eigenvalue weighted by Gasteiger charge is -2.41. The molecular weight excluding hydrogens is 539 g/mol. The molecule has 2 heteroatoms. The minimum atomic E-state index is 0.0234. The molecule has 2 unspecified atom stereocenters. The molecule has 1 aromatic heterocycles. The van der Waals surface area contributed by atoms with Gasteiger partial charge >= 0.3 is 0 Å². The number of hydrogen-bond acceptors (Lipinski definition) is 2. The average molecular weight is 576 g/mol. The minimum absolute atomic E-state index is 0.0234. The van der Waals surface area contributed by atoms with Gasteiger partial charge in [-0.15, -0.1) is 11.3 Å². The van der Waals surface area contributed by atoms with Gasteiger partial charge < -0.3 is 4.90 Å². The second-order valence-electron chi connectivity index (χ2n) is 13.3. The Bertz CT molecular complexity index is 2010. The maximum absolute atomic E-state index is 2.47. The highest BCUT2D eigenvalue weighted by Gasteiger charge is 2.53. The first kappa shape index (κ1) is 26.5. The molecule has 0 fully saturated rings. The van der Waals surface area contributed by atoms with E-state index in [0.29, 0.717) is 11.8 Å². The van der Waals surface area contributed by atoms with Crippen molar-refractivity contribution in [1.29, 1.82) is 0 Å². The molecule has 8 rings (SSSR count). The van der Waals surface area contributed by atoms with Crippen molar-refractivity contribution < 1.29 is 0 Å². The molecule has 0 spiro atoms. The van der Waals surface area contributed by atoms with Crippen LogP contribution in [0.15, 0.2) is 133 Å². The maximum Gasteiger partial charge on any atom is 0.0464 e. The van der Waals surface area contributed by atoms with Gasteiger partial charge in [-0.3, -0.25) is 0 Å². The number of allylic oxidation sites excluding steroid dienone is 7. The van der Waals surface area contributed by atoms with Crippen LogP contribution in [0, 0.1) is 11.3 Å². The lowest BCUT2D eigenvalue weighted by Crippen LogP contribution is -2.36. The second kappa shape index (κ2) is 9.69. The monoisotopic (exact) mass is 575 g/mol. The van der Waals surface area contributed by atoms with Crippen LogP contribution < -0.4 is 4.90 Å². The molecule has 43 heavy (non-hydrogen) atoms. The Hall–Kier alpha value is -4.14.